The number of carbonyl (C=O) groups is 1. The van der Waals surface area contributed by atoms with Crippen LogP contribution in [0.5, 0.6) is 0 Å². The van der Waals surface area contributed by atoms with Crippen LogP contribution in [0.15, 0.2) is 6.07 Å². The number of amides is 1. The van der Waals surface area contributed by atoms with Crippen molar-refractivity contribution in [2.24, 2.45) is 0 Å². The summed E-state index contributed by atoms with van der Waals surface area (Å²) in [4.78, 5) is 14.4. The Hall–Kier alpha value is -1.45. The van der Waals surface area contributed by atoms with Crippen molar-refractivity contribution in [1.82, 2.24) is 15.8 Å². The van der Waals surface area contributed by atoms with Crippen molar-refractivity contribution in [2.45, 2.75) is 19.0 Å². The van der Waals surface area contributed by atoms with Crippen molar-refractivity contribution in [3.05, 3.63) is 27.4 Å². The first-order valence-corrected chi connectivity index (χ1v) is 7.87. The van der Waals surface area contributed by atoms with Crippen LogP contribution in [-0.2, 0) is 11.4 Å². The summed E-state index contributed by atoms with van der Waals surface area (Å²) in [6.45, 7) is 0.849. The Balaban J connectivity index is 2.24. The number of rotatable bonds is 4. The molecule has 0 bridgehead atoms. The van der Waals surface area contributed by atoms with E-state index in [0.29, 0.717) is 35.2 Å². The first-order valence-electron chi connectivity index (χ1n) is 7.12. The molecule has 1 fully saturated rings. The standard InChI is InChI=1S/C14H14Cl2F2N4O2/c15-6-1-7(22-14(24)13(17)18)10-9(5-2-19-20-3-5)8(4-23)21-12(10)11(6)16/h1,5,13,19-21,23H,2-4H2,(H,22,24). The number of alkyl halides is 2. The molecule has 2 aromatic rings. The second kappa shape index (κ2) is 6.81. The molecule has 2 heterocycles. The van der Waals surface area contributed by atoms with E-state index in [1.54, 1.807) is 0 Å². The number of aromatic amines is 1. The molecule has 1 aromatic carbocycles. The Morgan fingerprint density at radius 1 is 1.38 bits per heavy atom. The molecule has 1 aliphatic rings. The Morgan fingerprint density at radius 3 is 2.62 bits per heavy atom. The van der Waals surface area contributed by atoms with Gasteiger partial charge in [-0.2, -0.15) is 8.78 Å². The second-order valence-electron chi connectivity index (χ2n) is 5.39. The van der Waals surface area contributed by atoms with Crippen molar-refractivity contribution in [3.8, 4) is 0 Å². The molecule has 5 N–H and O–H groups in total. The van der Waals surface area contributed by atoms with Gasteiger partial charge >= 0.3 is 6.43 Å². The minimum atomic E-state index is -3.16. The van der Waals surface area contributed by atoms with Crippen LogP contribution in [0.3, 0.4) is 0 Å². The lowest BCUT2D eigenvalue weighted by molar-refractivity contribution is -0.126. The molecule has 1 amide bonds. The molecular formula is C14H14Cl2F2N4O2. The molecule has 0 radical (unpaired) electrons. The Bertz CT molecular complexity index is 791. The van der Waals surface area contributed by atoms with Crippen molar-refractivity contribution < 1.29 is 18.7 Å². The van der Waals surface area contributed by atoms with Crippen LogP contribution in [0.25, 0.3) is 10.9 Å². The number of halogens is 4. The molecule has 6 nitrogen and oxygen atoms in total. The molecule has 0 saturated carbocycles. The van der Waals surface area contributed by atoms with E-state index in [1.165, 1.54) is 6.07 Å². The summed E-state index contributed by atoms with van der Waals surface area (Å²) in [7, 11) is 0. The Kier molecular flexibility index (Phi) is 4.93. The summed E-state index contributed by atoms with van der Waals surface area (Å²) < 4.78 is 25.3. The van der Waals surface area contributed by atoms with E-state index in [0.717, 1.165) is 0 Å². The van der Waals surface area contributed by atoms with Crippen LogP contribution >= 0.6 is 23.2 Å². The third kappa shape index (κ3) is 2.96. The zero-order valence-electron chi connectivity index (χ0n) is 12.2. The van der Waals surface area contributed by atoms with Gasteiger partial charge in [-0.25, -0.2) is 0 Å². The van der Waals surface area contributed by atoms with Crippen LogP contribution in [0.2, 0.25) is 10.0 Å². The van der Waals surface area contributed by atoms with E-state index in [2.05, 4.69) is 21.2 Å². The highest BCUT2D eigenvalue weighted by molar-refractivity contribution is 6.45. The average Bonchev–Trinajstić information content (AvgIpc) is 3.18. The van der Waals surface area contributed by atoms with Gasteiger partial charge in [-0.15, -0.1) is 0 Å². The lowest BCUT2D eigenvalue weighted by Gasteiger charge is -2.13. The van der Waals surface area contributed by atoms with Crippen LogP contribution in [0.1, 0.15) is 17.2 Å². The number of aromatic nitrogens is 1. The third-order valence-corrected chi connectivity index (χ3v) is 4.72. The van der Waals surface area contributed by atoms with Gasteiger partial charge in [0.1, 0.15) is 0 Å². The molecule has 3 rings (SSSR count). The molecule has 0 aliphatic carbocycles. The summed E-state index contributed by atoms with van der Waals surface area (Å²) in [6.07, 6.45) is -3.16. The van der Waals surface area contributed by atoms with Gasteiger partial charge in [-0.1, -0.05) is 23.2 Å². The van der Waals surface area contributed by atoms with E-state index < -0.39 is 12.3 Å². The number of nitrogens with one attached hydrogen (secondary N) is 4. The first kappa shape index (κ1) is 17.4. The summed E-state index contributed by atoms with van der Waals surface area (Å²) in [5.74, 6) is -1.48. The van der Waals surface area contributed by atoms with Crippen molar-refractivity contribution in [2.75, 3.05) is 18.4 Å². The summed E-state index contributed by atoms with van der Waals surface area (Å²) in [5.41, 5.74) is 7.65. The van der Waals surface area contributed by atoms with Gasteiger partial charge in [-0.3, -0.25) is 15.6 Å². The van der Waals surface area contributed by atoms with Crippen LogP contribution in [0, 0.1) is 0 Å². The van der Waals surface area contributed by atoms with Gasteiger partial charge in [-0.05, 0) is 11.6 Å². The van der Waals surface area contributed by atoms with Crippen molar-refractivity contribution in [3.63, 3.8) is 0 Å². The van der Waals surface area contributed by atoms with Gasteiger partial charge in [0.05, 0.1) is 27.9 Å². The highest BCUT2D eigenvalue weighted by Gasteiger charge is 2.28. The Morgan fingerprint density at radius 2 is 2.04 bits per heavy atom. The number of hydrogen-bond acceptors (Lipinski definition) is 4. The molecule has 1 aromatic heterocycles. The highest BCUT2D eigenvalue weighted by Crippen LogP contribution is 2.42. The molecule has 10 heteroatoms. The van der Waals surface area contributed by atoms with Crippen LogP contribution in [-0.4, -0.2) is 35.5 Å². The number of hydrazine groups is 1. The molecule has 24 heavy (non-hydrogen) atoms. The average molecular weight is 379 g/mol. The monoisotopic (exact) mass is 378 g/mol. The zero-order chi connectivity index (χ0) is 17.4. The number of carbonyl (C=O) groups excluding carboxylic acids is 1. The number of aliphatic hydroxyl groups excluding tert-OH is 1. The fourth-order valence-corrected chi connectivity index (χ4v) is 3.32. The molecule has 0 atom stereocenters. The number of benzene rings is 1. The van der Waals surface area contributed by atoms with Gasteiger partial charge in [0.2, 0.25) is 0 Å². The number of hydrogen-bond donors (Lipinski definition) is 5. The highest BCUT2D eigenvalue weighted by atomic mass is 35.5. The van der Waals surface area contributed by atoms with E-state index in [9.17, 15) is 18.7 Å². The van der Waals surface area contributed by atoms with Gasteiger partial charge < -0.3 is 15.4 Å². The first-order chi connectivity index (χ1) is 11.4. The van der Waals surface area contributed by atoms with Crippen LogP contribution in [0.4, 0.5) is 14.5 Å². The predicted octanol–water partition coefficient (Wildman–Crippen LogP) is 2.36. The fraction of sp³-hybridized carbons (Fsp3) is 0.357. The predicted molar refractivity (Wildman–Crippen MR) is 87.6 cm³/mol. The van der Waals surface area contributed by atoms with Crippen LogP contribution < -0.4 is 16.2 Å². The van der Waals surface area contributed by atoms with E-state index in [4.69, 9.17) is 23.2 Å². The quantitative estimate of drug-likeness (QED) is 0.564. The molecule has 1 aliphatic heterocycles. The minimum absolute atomic E-state index is 0.0413. The molecular weight excluding hydrogens is 365 g/mol. The largest absolute Gasteiger partial charge is 0.390 e. The van der Waals surface area contributed by atoms with Gasteiger partial charge in [0, 0.05) is 30.1 Å². The van der Waals surface area contributed by atoms with Gasteiger partial charge in [0.15, 0.2) is 0 Å². The molecule has 1 saturated heterocycles. The minimum Gasteiger partial charge on any atom is -0.390 e. The van der Waals surface area contributed by atoms with E-state index in [1.807, 2.05) is 0 Å². The summed E-state index contributed by atoms with van der Waals surface area (Å²) >= 11 is 12.3. The van der Waals surface area contributed by atoms with Gasteiger partial charge in [0.25, 0.3) is 5.91 Å². The SMILES string of the molecule is O=C(Nc1cc(Cl)c(Cl)c2[nH]c(CO)c(C3CNNC3)c12)C(F)F. The fourth-order valence-electron chi connectivity index (χ4n) is 2.92. The van der Waals surface area contributed by atoms with Crippen molar-refractivity contribution in [1.29, 1.82) is 0 Å². The molecule has 0 spiro atoms. The number of fused-ring (bicyclic) bond motifs is 1. The lowest BCUT2D eigenvalue weighted by atomic mass is 9.95. The summed E-state index contributed by atoms with van der Waals surface area (Å²) in [5, 5.41) is 12.6. The summed E-state index contributed by atoms with van der Waals surface area (Å²) in [6, 6.07) is 1.33. The number of H-pyrrole nitrogens is 1. The second-order valence-corrected chi connectivity index (χ2v) is 6.18. The van der Waals surface area contributed by atoms with E-state index in [-0.39, 0.29) is 28.3 Å². The third-order valence-electron chi connectivity index (χ3n) is 3.93. The zero-order valence-corrected chi connectivity index (χ0v) is 13.7. The maximum Gasteiger partial charge on any atom is 0.315 e. The maximum atomic E-state index is 12.6. The smallest absolute Gasteiger partial charge is 0.315 e. The molecule has 0 unspecified atom stereocenters. The Labute approximate surface area is 145 Å². The lowest BCUT2D eigenvalue weighted by Crippen LogP contribution is -2.21. The number of anilines is 1. The molecule has 130 valence electrons. The normalized spacial score (nSPS) is 15.6. The topological polar surface area (TPSA) is 89.2 Å². The van der Waals surface area contributed by atoms with E-state index >= 15 is 0 Å². The maximum absolute atomic E-state index is 12.6. The van der Waals surface area contributed by atoms with Crippen molar-refractivity contribution >= 4 is 45.7 Å². The number of aliphatic hydroxyl groups is 1.